The molecule has 0 unspecified atom stereocenters. The molecule has 0 radical (unpaired) electrons. The Labute approximate surface area is 117 Å². The number of nitrogens with zero attached hydrogens (tertiary/aromatic N) is 1. The van der Waals surface area contributed by atoms with Crippen molar-refractivity contribution in [2.75, 3.05) is 0 Å². The smallest absolute Gasteiger partial charge is 0.270 e. The second-order valence-electron chi connectivity index (χ2n) is 5.34. The van der Waals surface area contributed by atoms with E-state index < -0.39 is 0 Å². The lowest BCUT2D eigenvalue weighted by Crippen LogP contribution is -2.36. The molecule has 1 N–H and O–H groups in total. The zero-order valence-corrected chi connectivity index (χ0v) is 11.2. The van der Waals surface area contributed by atoms with E-state index in [0.29, 0.717) is 16.6 Å². The zero-order valence-electron chi connectivity index (χ0n) is 11.2. The maximum absolute atomic E-state index is 13.1. The molecule has 0 aliphatic heterocycles. The monoisotopic (exact) mass is 272 g/mol. The van der Waals surface area contributed by atoms with Crippen molar-refractivity contribution in [2.45, 2.75) is 38.1 Å². The van der Waals surface area contributed by atoms with Crippen molar-refractivity contribution in [3.05, 3.63) is 41.8 Å². The minimum atomic E-state index is -0.293. The van der Waals surface area contributed by atoms with Crippen molar-refractivity contribution < 1.29 is 9.18 Å². The van der Waals surface area contributed by atoms with Gasteiger partial charge in [0.25, 0.3) is 5.91 Å². The first-order valence-electron chi connectivity index (χ1n) is 7.09. The minimum Gasteiger partial charge on any atom is -0.348 e. The molecule has 0 spiro atoms. The van der Waals surface area contributed by atoms with Gasteiger partial charge in [0.05, 0.1) is 5.52 Å². The first-order valence-corrected chi connectivity index (χ1v) is 7.09. The Kier molecular flexibility index (Phi) is 3.63. The van der Waals surface area contributed by atoms with Gasteiger partial charge in [0.1, 0.15) is 11.5 Å². The molecule has 104 valence electrons. The number of nitrogens with one attached hydrogen (secondary N) is 1. The van der Waals surface area contributed by atoms with E-state index in [0.717, 1.165) is 12.8 Å². The van der Waals surface area contributed by atoms with Gasteiger partial charge in [-0.05, 0) is 37.1 Å². The molecule has 3 rings (SSSR count). The van der Waals surface area contributed by atoms with E-state index in [1.54, 1.807) is 18.2 Å². The third-order valence-electron chi connectivity index (χ3n) is 3.82. The third kappa shape index (κ3) is 2.79. The van der Waals surface area contributed by atoms with E-state index in [1.165, 1.54) is 31.4 Å². The fourth-order valence-electron chi connectivity index (χ4n) is 2.73. The van der Waals surface area contributed by atoms with Crippen LogP contribution in [0.5, 0.6) is 0 Å². The second kappa shape index (κ2) is 5.57. The van der Waals surface area contributed by atoms with Crippen LogP contribution in [0.25, 0.3) is 10.9 Å². The van der Waals surface area contributed by atoms with Crippen LogP contribution in [-0.2, 0) is 0 Å². The van der Waals surface area contributed by atoms with E-state index in [1.807, 2.05) is 0 Å². The van der Waals surface area contributed by atoms with E-state index in [2.05, 4.69) is 10.3 Å². The van der Waals surface area contributed by atoms with Crippen molar-refractivity contribution in [1.29, 1.82) is 0 Å². The van der Waals surface area contributed by atoms with Gasteiger partial charge < -0.3 is 5.32 Å². The van der Waals surface area contributed by atoms with Crippen molar-refractivity contribution in [3.63, 3.8) is 0 Å². The lowest BCUT2D eigenvalue weighted by atomic mass is 9.95. The lowest BCUT2D eigenvalue weighted by Gasteiger charge is -2.22. The lowest BCUT2D eigenvalue weighted by molar-refractivity contribution is 0.0923. The number of pyridine rings is 1. The van der Waals surface area contributed by atoms with E-state index in [9.17, 15) is 9.18 Å². The number of fused-ring (bicyclic) bond motifs is 1. The first-order chi connectivity index (χ1) is 9.72. The molecule has 0 saturated heterocycles. The van der Waals surface area contributed by atoms with Gasteiger partial charge in [-0.1, -0.05) is 25.3 Å². The predicted molar refractivity (Wildman–Crippen MR) is 76.0 cm³/mol. The van der Waals surface area contributed by atoms with E-state index in [4.69, 9.17) is 0 Å². The van der Waals surface area contributed by atoms with Gasteiger partial charge in [-0.3, -0.25) is 4.79 Å². The van der Waals surface area contributed by atoms with Crippen molar-refractivity contribution >= 4 is 16.8 Å². The molecule has 1 aromatic carbocycles. The number of benzene rings is 1. The fourth-order valence-corrected chi connectivity index (χ4v) is 2.73. The van der Waals surface area contributed by atoms with Crippen LogP contribution in [0.15, 0.2) is 30.3 Å². The fraction of sp³-hybridized carbons (Fsp3) is 0.375. The summed E-state index contributed by atoms with van der Waals surface area (Å²) in [5.41, 5.74) is 1.04. The highest BCUT2D eigenvalue weighted by molar-refractivity contribution is 5.95. The summed E-state index contributed by atoms with van der Waals surface area (Å²) in [5, 5.41) is 3.74. The maximum atomic E-state index is 13.1. The highest BCUT2D eigenvalue weighted by Gasteiger charge is 2.17. The van der Waals surface area contributed by atoms with Gasteiger partial charge in [-0.15, -0.1) is 0 Å². The number of carbonyl (C=O) groups excluding carboxylic acids is 1. The van der Waals surface area contributed by atoms with Crippen LogP contribution in [0.1, 0.15) is 42.6 Å². The third-order valence-corrected chi connectivity index (χ3v) is 3.82. The van der Waals surface area contributed by atoms with Gasteiger partial charge >= 0.3 is 0 Å². The van der Waals surface area contributed by atoms with Gasteiger partial charge in [0.2, 0.25) is 0 Å². The number of rotatable bonds is 2. The molecule has 1 fully saturated rings. The number of carbonyl (C=O) groups is 1. The molecule has 1 aromatic heterocycles. The molecule has 2 aromatic rings. The largest absolute Gasteiger partial charge is 0.348 e. The van der Waals surface area contributed by atoms with Crippen LogP contribution in [-0.4, -0.2) is 16.9 Å². The van der Waals surface area contributed by atoms with Gasteiger partial charge in [-0.25, -0.2) is 9.37 Å². The molecule has 3 nitrogen and oxygen atoms in total. The molecule has 1 saturated carbocycles. The summed E-state index contributed by atoms with van der Waals surface area (Å²) in [6, 6.07) is 8.04. The average molecular weight is 272 g/mol. The van der Waals surface area contributed by atoms with Crippen molar-refractivity contribution in [2.24, 2.45) is 0 Å². The normalized spacial score (nSPS) is 16.2. The summed E-state index contributed by atoms with van der Waals surface area (Å²) in [6.07, 6.45) is 5.70. The molecule has 4 heteroatoms. The van der Waals surface area contributed by atoms with Gasteiger partial charge in [-0.2, -0.15) is 0 Å². The number of halogens is 1. The Bertz CT molecular complexity index is 635. The van der Waals surface area contributed by atoms with Crippen LogP contribution in [0.2, 0.25) is 0 Å². The number of hydrogen-bond donors (Lipinski definition) is 1. The maximum Gasteiger partial charge on any atom is 0.270 e. The molecule has 1 amide bonds. The second-order valence-corrected chi connectivity index (χ2v) is 5.34. The topological polar surface area (TPSA) is 42.0 Å². The van der Waals surface area contributed by atoms with Crippen LogP contribution in [0.4, 0.5) is 4.39 Å². The summed E-state index contributed by atoms with van der Waals surface area (Å²) in [6.45, 7) is 0. The van der Waals surface area contributed by atoms with Crippen molar-refractivity contribution in [1.82, 2.24) is 10.3 Å². The quantitative estimate of drug-likeness (QED) is 0.910. The van der Waals surface area contributed by atoms with Crippen LogP contribution >= 0.6 is 0 Å². The van der Waals surface area contributed by atoms with Crippen LogP contribution < -0.4 is 5.32 Å². The summed E-state index contributed by atoms with van der Waals surface area (Å²) >= 11 is 0. The minimum absolute atomic E-state index is 0.136. The van der Waals surface area contributed by atoms with Gasteiger partial charge in [0, 0.05) is 11.4 Å². The van der Waals surface area contributed by atoms with Crippen LogP contribution in [0, 0.1) is 5.82 Å². The summed E-state index contributed by atoms with van der Waals surface area (Å²) in [4.78, 5) is 16.5. The molecule has 1 aliphatic carbocycles. The number of amides is 1. The molecular weight excluding hydrogens is 255 g/mol. The SMILES string of the molecule is O=C(NC1CCCCC1)c1ccc2cc(F)ccc2n1. The number of hydrogen-bond acceptors (Lipinski definition) is 2. The molecule has 1 aliphatic rings. The first kappa shape index (κ1) is 13.0. The summed E-state index contributed by atoms with van der Waals surface area (Å²) in [5.74, 6) is -0.429. The Balaban J connectivity index is 1.78. The molecule has 0 bridgehead atoms. The molecule has 20 heavy (non-hydrogen) atoms. The Morgan fingerprint density at radius 2 is 1.95 bits per heavy atom. The van der Waals surface area contributed by atoms with Crippen molar-refractivity contribution in [3.8, 4) is 0 Å². The van der Waals surface area contributed by atoms with Gasteiger partial charge in [0.15, 0.2) is 0 Å². The molecule has 1 heterocycles. The summed E-state index contributed by atoms with van der Waals surface area (Å²) in [7, 11) is 0. The van der Waals surface area contributed by atoms with E-state index in [-0.39, 0.29) is 17.8 Å². The standard InChI is InChI=1S/C16H17FN2O/c17-12-7-9-14-11(10-12)6-8-15(19-14)16(20)18-13-4-2-1-3-5-13/h6-10,13H,1-5H2,(H,18,20). The average Bonchev–Trinajstić information content (AvgIpc) is 2.47. The zero-order chi connectivity index (χ0) is 13.9. The Morgan fingerprint density at radius 3 is 2.75 bits per heavy atom. The Hall–Kier alpha value is -1.97. The summed E-state index contributed by atoms with van der Waals surface area (Å²) < 4.78 is 13.1. The van der Waals surface area contributed by atoms with E-state index >= 15 is 0 Å². The van der Waals surface area contributed by atoms with Crippen LogP contribution in [0.3, 0.4) is 0 Å². The predicted octanol–water partition coefficient (Wildman–Crippen LogP) is 3.44. The Morgan fingerprint density at radius 1 is 1.15 bits per heavy atom. The molecular formula is C16H17FN2O. The highest BCUT2D eigenvalue weighted by Crippen LogP contribution is 2.18. The molecule has 0 atom stereocenters. The number of aromatic nitrogens is 1. The highest BCUT2D eigenvalue weighted by atomic mass is 19.1.